The molecule has 196 valence electrons. The molecule has 1 aromatic heterocycles. The Labute approximate surface area is 230 Å². The summed E-state index contributed by atoms with van der Waals surface area (Å²) in [6.45, 7) is 0.259. The highest BCUT2D eigenvalue weighted by Gasteiger charge is 2.30. The van der Waals surface area contributed by atoms with E-state index in [4.69, 9.17) is 27.9 Å². The molecule has 0 aliphatic heterocycles. The molecule has 2 N–H and O–H groups in total. The van der Waals surface area contributed by atoms with E-state index in [1.807, 2.05) is 18.2 Å². The third-order valence-corrected chi connectivity index (χ3v) is 6.57. The van der Waals surface area contributed by atoms with Crippen LogP contribution in [0.3, 0.4) is 0 Å². The number of anilines is 2. The van der Waals surface area contributed by atoms with Crippen LogP contribution in [-0.2, 0) is 24.0 Å². The highest BCUT2D eigenvalue weighted by atomic mass is 35.5. The lowest BCUT2D eigenvalue weighted by molar-refractivity contribution is -0.137. The second-order valence-corrected chi connectivity index (χ2v) is 9.56. The summed E-state index contributed by atoms with van der Waals surface area (Å²) in [6, 6.07) is 17.2. The summed E-state index contributed by atoms with van der Waals surface area (Å²) < 4.78 is 44.6. The second-order valence-electron chi connectivity index (χ2n) is 7.89. The largest absolute Gasteiger partial charge is 0.488 e. The Balaban J connectivity index is 1.31. The van der Waals surface area contributed by atoms with E-state index in [-0.39, 0.29) is 18.7 Å². The number of carbonyl (C=O) groups excluding carboxylic acids is 1. The van der Waals surface area contributed by atoms with Crippen LogP contribution in [0.15, 0.2) is 77.2 Å². The first kappa shape index (κ1) is 27.4. The van der Waals surface area contributed by atoms with Gasteiger partial charge >= 0.3 is 6.18 Å². The van der Waals surface area contributed by atoms with Gasteiger partial charge in [-0.1, -0.05) is 47.5 Å². The van der Waals surface area contributed by atoms with Crippen LogP contribution in [-0.4, -0.2) is 17.1 Å². The molecule has 3 aromatic carbocycles. The average molecular weight is 579 g/mol. The van der Waals surface area contributed by atoms with Gasteiger partial charge in [-0.15, -0.1) is 11.3 Å². The number of ether oxygens (including phenoxy) is 1. The van der Waals surface area contributed by atoms with E-state index in [1.54, 1.807) is 29.6 Å². The third-order valence-electron chi connectivity index (χ3n) is 5.02. The first-order valence-corrected chi connectivity index (χ1v) is 12.7. The average Bonchev–Trinajstić information content (AvgIpc) is 3.31. The van der Waals surface area contributed by atoms with Gasteiger partial charge in [-0.2, -0.15) is 18.3 Å². The molecule has 0 fully saturated rings. The number of nitrogens with zero attached hydrogens (tertiary/aromatic N) is 2. The zero-order valence-corrected chi connectivity index (χ0v) is 21.8. The van der Waals surface area contributed by atoms with Crippen LogP contribution >= 0.6 is 34.5 Å². The minimum atomic E-state index is -4.44. The van der Waals surface area contributed by atoms with Crippen molar-refractivity contribution < 1.29 is 22.7 Å². The van der Waals surface area contributed by atoms with E-state index in [0.717, 1.165) is 17.7 Å². The third kappa shape index (κ3) is 7.70. The number of hydrazone groups is 1. The smallest absolute Gasteiger partial charge is 0.416 e. The maximum atomic E-state index is 12.9. The number of benzene rings is 3. The normalized spacial score (nSPS) is 11.5. The van der Waals surface area contributed by atoms with Crippen molar-refractivity contribution in [1.82, 2.24) is 10.4 Å². The highest BCUT2D eigenvalue weighted by molar-refractivity contribution is 7.13. The molecule has 4 aromatic rings. The highest BCUT2D eigenvalue weighted by Crippen LogP contribution is 2.32. The summed E-state index contributed by atoms with van der Waals surface area (Å²) in [6.07, 6.45) is -3.04. The fourth-order valence-corrected chi connectivity index (χ4v) is 4.28. The van der Waals surface area contributed by atoms with E-state index in [9.17, 15) is 18.0 Å². The topological polar surface area (TPSA) is 75.6 Å². The summed E-state index contributed by atoms with van der Waals surface area (Å²) in [7, 11) is 0. The Hall–Kier alpha value is -3.60. The number of halogens is 5. The Morgan fingerprint density at radius 1 is 1.05 bits per heavy atom. The van der Waals surface area contributed by atoms with Gasteiger partial charge in [0, 0.05) is 16.6 Å². The van der Waals surface area contributed by atoms with Gasteiger partial charge in [0.15, 0.2) is 5.13 Å². The first-order chi connectivity index (χ1) is 18.2. The summed E-state index contributed by atoms with van der Waals surface area (Å²) >= 11 is 13.2. The number of rotatable bonds is 9. The summed E-state index contributed by atoms with van der Waals surface area (Å²) in [5, 5.41) is 9.73. The lowest BCUT2D eigenvalue weighted by atomic mass is 10.2. The van der Waals surface area contributed by atoms with Gasteiger partial charge in [-0.05, 0) is 48.0 Å². The van der Waals surface area contributed by atoms with E-state index in [1.165, 1.54) is 29.7 Å². The lowest BCUT2D eigenvalue weighted by Gasteiger charge is -2.09. The van der Waals surface area contributed by atoms with Crippen LogP contribution < -0.4 is 15.5 Å². The molecule has 0 atom stereocenters. The fourth-order valence-electron chi connectivity index (χ4n) is 3.23. The van der Waals surface area contributed by atoms with E-state index >= 15 is 0 Å². The second kappa shape index (κ2) is 12.3. The summed E-state index contributed by atoms with van der Waals surface area (Å²) in [5.74, 6) is 0.146. The zero-order chi connectivity index (χ0) is 27.1. The molecule has 0 aliphatic rings. The maximum absolute atomic E-state index is 12.9. The van der Waals surface area contributed by atoms with Crippen molar-refractivity contribution in [2.45, 2.75) is 19.2 Å². The lowest BCUT2D eigenvalue weighted by Crippen LogP contribution is -2.20. The molecular weight excluding hydrogens is 560 g/mol. The monoisotopic (exact) mass is 578 g/mol. The molecule has 0 spiro atoms. The number of aromatic nitrogens is 1. The van der Waals surface area contributed by atoms with Crippen molar-refractivity contribution in [3.63, 3.8) is 0 Å². The van der Waals surface area contributed by atoms with Crippen LogP contribution in [0.2, 0.25) is 10.0 Å². The van der Waals surface area contributed by atoms with Crippen molar-refractivity contribution >= 4 is 57.5 Å². The van der Waals surface area contributed by atoms with Crippen LogP contribution in [0.5, 0.6) is 5.75 Å². The van der Waals surface area contributed by atoms with Crippen molar-refractivity contribution in [3.05, 3.63) is 105 Å². The van der Waals surface area contributed by atoms with Crippen molar-refractivity contribution in [2.24, 2.45) is 5.10 Å². The Kier molecular flexibility index (Phi) is 8.88. The predicted octanol–water partition coefficient (Wildman–Crippen LogP) is 7.48. The van der Waals surface area contributed by atoms with Crippen LogP contribution in [0, 0.1) is 0 Å². The number of para-hydroxylation sites is 1. The zero-order valence-electron chi connectivity index (χ0n) is 19.4. The van der Waals surface area contributed by atoms with Crippen LogP contribution in [0.25, 0.3) is 0 Å². The molecule has 0 bridgehead atoms. The Morgan fingerprint density at radius 2 is 1.87 bits per heavy atom. The molecule has 1 amide bonds. The molecule has 0 saturated heterocycles. The molecular formula is C26H19Cl2F3N4O2S. The predicted molar refractivity (Wildman–Crippen MR) is 144 cm³/mol. The molecule has 1 heterocycles. The molecule has 4 rings (SSSR count). The standard InChI is InChI=1S/C26H19Cl2F3N4O2S/c27-21-9-8-16(10-22(21)28)14-37-23-7-2-1-4-17(23)13-32-35-24(36)12-20-15-38-25(34-20)33-19-6-3-5-18(11-19)26(29,30)31/h1-11,13,15H,12,14H2,(H,33,34)(H,35,36)/b32-13-. The number of thiazole rings is 1. The molecule has 0 unspecified atom stereocenters. The van der Waals surface area contributed by atoms with Gasteiger partial charge in [0.05, 0.1) is 33.9 Å². The van der Waals surface area contributed by atoms with Crippen molar-refractivity contribution in [3.8, 4) is 5.75 Å². The number of alkyl halides is 3. The number of hydrogen-bond donors (Lipinski definition) is 2. The van der Waals surface area contributed by atoms with E-state index in [2.05, 4.69) is 20.8 Å². The van der Waals surface area contributed by atoms with Gasteiger partial charge in [0.2, 0.25) is 5.91 Å². The molecule has 38 heavy (non-hydrogen) atoms. The maximum Gasteiger partial charge on any atom is 0.416 e. The SMILES string of the molecule is O=C(Cc1csc(Nc2cccc(C(F)(F)F)c2)n1)N/N=C\c1ccccc1OCc1ccc(Cl)c(Cl)c1. The van der Waals surface area contributed by atoms with Gasteiger partial charge in [-0.25, -0.2) is 10.4 Å². The molecule has 6 nitrogen and oxygen atoms in total. The van der Waals surface area contributed by atoms with Crippen molar-refractivity contribution in [1.29, 1.82) is 0 Å². The first-order valence-electron chi connectivity index (χ1n) is 11.0. The Morgan fingerprint density at radius 3 is 2.66 bits per heavy atom. The number of hydrogen-bond acceptors (Lipinski definition) is 6. The van der Waals surface area contributed by atoms with Gasteiger partial charge in [0.1, 0.15) is 12.4 Å². The molecule has 0 saturated carbocycles. The van der Waals surface area contributed by atoms with Crippen molar-refractivity contribution in [2.75, 3.05) is 5.32 Å². The number of carbonyl (C=O) groups is 1. The van der Waals surface area contributed by atoms with Gasteiger partial charge in [-0.3, -0.25) is 4.79 Å². The Bertz CT molecular complexity index is 1460. The van der Waals surface area contributed by atoms with E-state index in [0.29, 0.717) is 32.2 Å². The molecule has 0 aliphatic carbocycles. The van der Waals surface area contributed by atoms with Gasteiger partial charge in [0.25, 0.3) is 0 Å². The molecule has 12 heteroatoms. The minimum absolute atomic E-state index is 0.0619. The van der Waals surface area contributed by atoms with Crippen LogP contribution in [0.4, 0.5) is 24.0 Å². The molecule has 0 radical (unpaired) electrons. The van der Waals surface area contributed by atoms with Crippen LogP contribution in [0.1, 0.15) is 22.4 Å². The van der Waals surface area contributed by atoms with Gasteiger partial charge < -0.3 is 10.1 Å². The van der Waals surface area contributed by atoms with E-state index < -0.39 is 17.6 Å². The fraction of sp³-hybridized carbons (Fsp3) is 0.115. The quantitative estimate of drug-likeness (QED) is 0.159. The summed E-state index contributed by atoms with van der Waals surface area (Å²) in [5.41, 5.74) is 3.85. The minimum Gasteiger partial charge on any atom is -0.488 e. The summed E-state index contributed by atoms with van der Waals surface area (Å²) in [4.78, 5) is 16.6. The number of amides is 1. The number of nitrogens with one attached hydrogen (secondary N) is 2.